The average molecular weight is 328 g/mol. The Labute approximate surface area is 147 Å². The van der Waals surface area contributed by atoms with Crippen LogP contribution in [0.2, 0.25) is 0 Å². The molecular weight excluding hydrogens is 308 g/mol. The standard InChI is InChI=1S/C22H20N2O/c1-2-22-19-11-6-5-10-18(19)21(25)24(22)15-17-9-4-3-8-16(17)14-23-13-7-12-20(22)23/h3-13H,2,14-15H2,1H3. The molecular formula is C22H20N2O. The highest BCUT2D eigenvalue weighted by Crippen LogP contribution is 2.48. The van der Waals surface area contributed by atoms with Gasteiger partial charge in [0.05, 0.1) is 0 Å². The van der Waals surface area contributed by atoms with Crippen molar-refractivity contribution >= 4 is 5.91 Å². The highest BCUT2D eigenvalue weighted by atomic mass is 16.2. The van der Waals surface area contributed by atoms with E-state index in [1.165, 1.54) is 16.8 Å². The van der Waals surface area contributed by atoms with E-state index in [4.69, 9.17) is 0 Å². The number of nitrogens with zero attached hydrogens (tertiary/aromatic N) is 2. The van der Waals surface area contributed by atoms with E-state index in [1.54, 1.807) is 0 Å². The van der Waals surface area contributed by atoms with Crippen molar-refractivity contribution in [3.05, 3.63) is 94.8 Å². The second-order valence-electron chi connectivity index (χ2n) is 6.94. The fraction of sp³-hybridized carbons (Fsp3) is 0.227. The summed E-state index contributed by atoms with van der Waals surface area (Å²) >= 11 is 0. The lowest BCUT2D eigenvalue weighted by Gasteiger charge is -2.41. The molecule has 0 aliphatic carbocycles. The number of amides is 1. The first-order valence-corrected chi connectivity index (χ1v) is 8.89. The van der Waals surface area contributed by atoms with Crippen molar-refractivity contribution in [2.75, 3.05) is 0 Å². The highest BCUT2D eigenvalue weighted by Gasteiger charge is 2.51. The summed E-state index contributed by atoms with van der Waals surface area (Å²) in [6, 6.07) is 20.9. The molecule has 0 spiro atoms. The van der Waals surface area contributed by atoms with Gasteiger partial charge in [-0.05, 0) is 41.3 Å². The fourth-order valence-electron chi connectivity index (χ4n) is 4.69. The summed E-state index contributed by atoms with van der Waals surface area (Å²) in [7, 11) is 0. The number of rotatable bonds is 1. The lowest BCUT2D eigenvalue weighted by Crippen LogP contribution is -2.46. The van der Waals surface area contributed by atoms with Crippen LogP contribution in [0, 0.1) is 0 Å². The van der Waals surface area contributed by atoms with E-state index < -0.39 is 0 Å². The second kappa shape index (κ2) is 5.09. The Kier molecular flexibility index (Phi) is 2.96. The van der Waals surface area contributed by atoms with Crippen LogP contribution in [0.25, 0.3) is 0 Å². The third-order valence-corrected chi connectivity index (χ3v) is 5.86. The molecule has 2 aliphatic rings. The van der Waals surface area contributed by atoms with Crippen molar-refractivity contribution in [3.63, 3.8) is 0 Å². The maximum Gasteiger partial charge on any atom is 0.255 e. The molecule has 2 aromatic carbocycles. The summed E-state index contributed by atoms with van der Waals surface area (Å²) in [5, 5.41) is 0. The molecule has 25 heavy (non-hydrogen) atoms. The van der Waals surface area contributed by atoms with E-state index in [0.717, 1.165) is 24.1 Å². The van der Waals surface area contributed by atoms with Gasteiger partial charge in [-0.15, -0.1) is 0 Å². The number of aromatic nitrogens is 1. The number of carbonyl (C=O) groups excluding carboxylic acids is 1. The molecule has 1 atom stereocenters. The molecule has 3 aromatic rings. The van der Waals surface area contributed by atoms with E-state index in [1.807, 2.05) is 18.2 Å². The molecule has 1 aromatic heterocycles. The van der Waals surface area contributed by atoms with Crippen LogP contribution in [0.3, 0.4) is 0 Å². The third kappa shape index (κ3) is 1.78. The van der Waals surface area contributed by atoms with Crippen LogP contribution in [0.5, 0.6) is 0 Å². The molecule has 1 amide bonds. The Balaban J connectivity index is 1.84. The Morgan fingerprint density at radius 2 is 1.64 bits per heavy atom. The minimum absolute atomic E-state index is 0.141. The number of fused-ring (bicyclic) bond motifs is 6. The quantitative estimate of drug-likeness (QED) is 0.658. The lowest BCUT2D eigenvalue weighted by molar-refractivity contribution is 0.0571. The van der Waals surface area contributed by atoms with Gasteiger partial charge in [-0.25, -0.2) is 0 Å². The molecule has 0 N–H and O–H groups in total. The smallest absolute Gasteiger partial charge is 0.255 e. The SMILES string of the molecule is CCC12c3ccccc3C(=O)N1Cc1ccccc1Cn1cccc12. The van der Waals surface area contributed by atoms with Gasteiger partial charge >= 0.3 is 0 Å². The van der Waals surface area contributed by atoms with E-state index in [-0.39, 0.29) is 11.4 Å². The Morgan fingerprint density at radius 1 is 0.920 bits per heavy atom. The predicted octanol–water partition coefficient (Wildman–Crippen LogP) is 4.16. The predicted molar refractivity (Wildman–Crippen MR) is 97.4 cm³/mol. The van der Waals surface area contributed by atoms with E-state index in [9.17, 15) is 4.79 Å². The molecule has 5 rings (SSSR count). The summed E-state index contributed by atoms with van der Waals surface area (Å²) in [5.41, 5.74) is 5.33. The Morgan fingerprint density at radius 3 is 2.44 bits per heavy atom. The topological polar surface area (TPSA) is 25.2 Å². The van der Waals surface area contributed by atoms with Gasteiger partial charge in [-0.3, -0.25) is 4.79 Å². The number of benzene rings is 2. The summed E-state index contributed by atoms with van der Waals surface area (Å²) in [5.74, 6) is 0.141. The molecule has 124 valence electrons. The molecule has 0 saturated heterocycles. The van der Waals surface area contributed by atoms with Crippen molar-refractivity contribution in [2.24, 2.45) is 0 Å². The molecule has 0 radical (unpaired) electrons. The highest BCUT2D eigenvalue weighted by molar-refractivity contribution is 6.00. The second-order valence-corrected chi connectivity index (χ2v) is 6.94. The van der Waals surface area contributed by atoms with Gasteiger partial charge in [0.25, 0.3) is 5.91 Å². The summed E-state index contributed by atoms with van der Waals surface area (Å²) in [6.07, 6.45) is 3.00. The Hall–Kier alpha value is -2.81. The van der Waals surface area contributed by atoms with Crippen LogP contribution in [0.15, 0.2) is 66.9 Å². The number of hydrogen-bond donors (Lipinski definition) is 0. The van der Waals surface area contributed by atoms with Crippen molar-refractivity contribution in [1.29, 1.82) is 0 Å². The average Bonchev–Trinajstić information content (AvgIpc) is 3.18. The van der Waals surface area contributed by atoms with Gasteiger partial charge in [0.15, 0.2) is 0 Å². The monoisotopic (exact) mass is 328 g/mol. The maximum absolute atomic E-state index is 13.3. The molecule has 0 fully saturated rings. The molecule has 1 unspecified atom stereocenters. The van der Waals surface area contributed by atoms with Gasteiger partial charge in [0.1, 0.15) is 5.54 Å². The largest absolute Gasteiger partial charge is 0.345 e. The van der Waals surface area contributed by atoms with E-state index >= 15 is 0 Å². The van der Waals surface area contributed by atoms with Crippen LogP contribution >= 0.6 is 0 Å². The van der Waals surface area contributed by atoms with Crippen LogP contribution in [0.4, 0.5) is 0 Å². The normalized spacial score (nSPS) is 21.0. The first-order chi connectivity index (χ1) is 12.3. The van der Waals surface area contributed by atoms with Crippen LogP contribution in [-0.2, 0) is 18.6 Å². The Bertz CT molecular complexity index is 987. The van der Waals surface area contributed by atoms with E-state index in [2.05, 4.69) is 65.1 Å². The zero-order valence-electron chi connectivity index (χ0n) is 14.3. The minimum atomic E-state index is -0.384. The molecule has 3 nitrogen and oxygen atoms in total. The first kappa shape index (κ1) is 14.5. The minimum Gasteiger partial charge on any atom is -0.345 e. The third-order valence-electron chi connectivity index (χ3n) is 5.86. The van der Waals surface area contributed by atoms with Crippen molar-refractivity contribution < 1.29 is 4.79 Å². The van der Waals surface area contributed by atoms with Crippen molar-refractivity contribution in [2.45, 2.75) is 32.0 Å². The first-order valence-electron chi connectivity index (χ1n) is 8.89. The lowest BCUT2D eigenvalue weighted by atomic mass is 9.82. The zero-order valence-corrected chi connectivity index (χ0v) is 14.3. The summed E-state index contributed by atoms with van der Waals surface area (Å²) in [4.78, 5) is 15.4. The number of hydrogen-bond acceptors (Lipinski definition) is 1. The fourth-order valence-corrected chi connectivity index (χ4v) is 4.69. The molecule has 3 heteroatoms. The molecule has 0 saturated carbocycles. The summed E-state index contributed by atoms with van der Waals surface area (Å²) < 4.78 is 2.31. The zero-order chi connectivity index (χ0) is 17.0. The van der Waals surface area contributed by atoms with E-state index in [0.29, 0.717) is 6.54 Å². The summed E-state index contributed by atoms with van der Waals surface area (Å²) in [6.45, 7) is 3.69. The van der Waals surface area contributed by atoms with Gasteiger partial charge < -0.3 is 9.47 Å². The van der Waals surface area contributed by atoms with Crippen LogP contribution in [0.1, 0.15) is 46.1 Å². The maximum atomic E-state index is 13.3. The molecule has 3 heterocycles. The molecule has 2 aliphatic heterocycles. The molecule has 0 bridgehead atoms. The van der Waals surface area contributed by atoms with Gasteiger partial charge in [-0.2, -0.15) is 0 Å². The van der Waals surface area contributed by atoms with Gasteiger partial charge in [0.2, 0.25) is 0 Å². The number of carbonyl (C=O) groups is 1. The van der Waals surface area contributed by atoms with Gasteiger partial charge in [-0.1, -0.05) is 49.4 Å². The van der Waals surface area contributed by atoms with Crippen molar-refractivity contribution in [3.8, 4) is 0 Å². The van der Waals surface area contributed by atoms with Crippen molar-refractivity contribution in [1.82, 2.24) is 9.47 Å². The van der Waals surface area contributed by atoms with Crippen LogP contribution in [-0.4, -0.2) is 15.4 Å². The van der Waals surface area contributed by atoms with Crippen LogP contribution < -0.4 is 0 Å². The van der Waals surface area contributed by atoms with Gasteiger partial charge in [0, 0.05) is 30.5 Å².